The molecule has 2 aromatic heterocycles. The fourth-order valence-electron chi connectivity index (χ4n) is 1.31. The van der Waals surface area contributed by atoms with E-state index in [1.807, 2.05) is 0 Å². The van der Waals surface area contributed by atoms with E-state index >= 15 is 0 Å². The Balaban J connectivity index is 2.41. The molecule has 0 aliphatic heterocycles. The molecule has 0 unspecified atom stereocenters. The Bertz CT molecular complexity index is 673. The van der Waals surface area contributed by atoms with Crippen LogP contribution in [0.4, 0.5) is 5.69 Å². The number of rotatable bonds is 4. The number of aromatic amines is 1. The predicted octanol–water partition coefficient (Wildman–Crippen LogP) is 1.28. The topological polar surface area (TPSA) is 112 Å². The van der Waals surface area contributed by atoms with Gasteiger partial charge in [0.25, 0.3) is 10.0 Å². The number of aryl methyl sites for hydroxylation is 1. The maximum absolute atomic E-state index is 11.9. The van der Waals surface area contributed by atoms with Crippen molar-refractivity contribution in [1.29, 1.82) is 0 Å². The number of carboxylic acid groups (broad SMARTS) is 1. The summed E-state index contributed by atoms with van der Waals surface area (Å²) in [7, 11) is -3.82. The number of anilines is 1. The molecule has 2 aromatic rings. The lowest BCUT2D eigenvalue weighted by Gasteiger charge is -2.06. The number of aromatic carboxylic acids is 1. The Hall–Kier alpha value is -1.87. The van der Waals surface area contributed by atoms with Crippen LogP contribution < -0.4 is 4.72 Å². The highest BCUT2D eigenvalue weighted by Crippen LogP contribution is 2.29. The van der Waals surface area contributed by atoms with Gasteiger partial charge in [-0.2, -0.15) is 5.10 Å². The number of carbonyl (C=O) groups is 1. The predicted molar refractivity (Wildman–Crippen MR) is 65.4 cm³/mol. The summed E-state index contributed by atoms with van der Waals surface area (Å²) >= 11 is 0.972. The van der Waals surface area contributed by atoms with Crippen molar-refractivity contribution in [3.05, 3.63) is 28.2 Å². The number of sulfonamides is 1. The zero-order chi connectivity index (χ0) is 13.3. The van der Waals surface area contributed by atoms with Gasteiger partial charge >= 0.3 is 5.97 Å². The van der Waals surface area contributed by atoms with Crippen LogP contribution in [0.2, 0.25) is 0 Å². The minimum atomic E-state index is -3.82. The summed E-state index contributed by atoms with van der Waals surface area (Å²) in [5.41, 5.74) is 0.651. The third kappa shape index (κ3) is 2.22. The minimum absolute atomic E-state index is 0.0421. The highest BCUT2D eigenvalue weighted by Gasteiger charge is 2.22. The van der Waals surface area contributed by atoms with Gasteiger partial charge in [-0.3, -0.25) is 9.82 Å². The van der Waals surface area contributed by atoms with Crippen LogP contribution in [0.3, 0.4) is 0 Å². The van der Waals surface area contributed by atoms with E-state index in [0.29, 0.717) is 5.56 Å². The summed E-state index contributed by atoms with van der Waals surface area (Å²) in [6, 6.07) is 0. The molecule has 9 heteroatoms. The van der Waals surface area contributed by atoms with Crippen LogP contribution in [0.25, 0.3) is 0 Å². The molecule has 0 amide bonds. The Morgan fingerprint density at radius 3 is 2.83 bits per heavy atom. The van der Waals surface area contributed by atoms with E-state index in [1.54, 1.807) is 12.3 Å². The van der Waals surface area contributed by atoms with Crippen molar-refractivity contribution in [3.63, 3.8) is 0 Å². The molecule has 0 radical (unpaired) electrons. The molecule has 0 aliphatic carbocycles. The molecule has 0 atom stereocenters. The van der Waals surface area contributed by atoms with Crippen molar-refractivity contribution in [2.24, 2.45) is 0 Å². The first-order chi connectivity index (χ1) is 8.42. The summed E-state index contributed by atoms with van der Waals surface area (Å²) in [5, 5.41) is 16.5. The molecule has 18 heavy (non-hydrogen) atoms. The van der Waals surface area contributed by atoms with Gasteiger partial charge in [0.05, 0.1) is 11.9 Å². The first-order valence-electron chi connectivity index (χ1n) is 4.75. The largest absolute Gasteiger partial charge is 0.477 e. The fraction of sp³-hybridized carbons (Fsp3) is 0.111. The molecule has 0 saturated carbocycles. The van der Waals surface area contributed by atoms with Crippen molar-refractivity contribution in [3.8, 4) is 0 Å². The van der Waals surface area contributed by atoms with Gasteiger partial charge in [-0.15, -0.1) is 11.3 Å². The number of hydrogen-bond donors (Lipinski definition) is 3. The van der Waals surface area contributed by atoms with Crippen LogP contribution in [-0.4, -0.2) is 29.7 Å². The zero-order valence-electron chi connectivity index (χ0n) is 9.17. The molecule has 3 N–H and O–H groups in total. The maximum Gasteiger partial charge on any atom is 0.348 e. The number of H-pyrrole nitrogens is 1. The second-order valence-corrected chi connectivity index (χ2v) is 6.03. The van der Waals surface area contributed by atoms with E-state index in [-0.39, 0.29) is 15.5 Å². The molecule has 2 heterocycles. The molecule has 0 saturated heterocycles. The van der Waals surface area contributed by atoms with Gasteiger partial charge in [-0.25, -0.2) is 13.2 Å². The first-order valence-corrected chi connectivity index (χ1v) is 7.11. The fourth-order valence-corrected chi connectivity index (χ4v) is 3.26. The van der Waals surface area contributed by atoms with Gasteiger partial charge in [-0.1, -0.05) is 0 Å². The lowest BCUT2D eigenvalue weighted by Crippen LogP contribution is -2.14. The van der Waals surface area contributed by atoms with Crippen molar-refractivity contribution in [2.45, 2.75) is 11.8 Å². The first kappa shape index (κ1) is 12.6. The molecule has 7 nitrogen and oxygen atoms in total. The van der Waals surface area contributed by atoms with Crippen molar-refractivity contribution >= 4 is 33.0 Å². The molecule has 0 spiro atoms. The molecular formula is C9H9N3O4S2. The summed E-state index contributed by atoms with van der Waals surface area (Å²) < 4.78 is 26.1. The Kier molecular flexibility index (Phi) is 3.09. The summed E-state index contributed by atoms with van der Waals surface area (Å²) in [5.74, 6) is -1.17. The van der Waals surface area contributed by atoms with Crippen molar-refractivity contribution < 1.29 is 18.3 Å². The van der Waals surface area contributed by atoms with Crippen LogP contribution in [-0.2, 0) is 10.0 Å². The number of thiophene rings is 1. The lowest BCUT2D eigenvalue weighted by molar-refractivity contribution is 0.0703. The van der Waals surface area contributed by atoms with Gasteiger partial charge in [0.1, 0.15) is 9.77 Å². The molecule has 96 valence electrons. The number of nitrogens with zero attached hydrogens (tertiary/aromatic N) is 1. The summed E-state index contributed by atoms with van der Waals surface area (Å²) in [6.45, 7) is 1.64. The Labute approximate surface area is 107 Å². The number of hydrogen-bond acceptors (Lipinski definition) is 5. The lowest BCUT2D eigenvalue weighted by atomic mass is 10.3. The van der Waals surface area contributed by atoms with Gasteiger partial charge in [0.15, 0.2) is 0 Å². The number of nitrogens with one attached hydrogen (secondary N) is 2. The molecule has 0 aliphatic rings. The van der Waals surface area contributed by atoms with Crippen LogP contribution in [0, 0.1) is 6.92 Å². The van der Waals surface area contributed by atoms with Crippen LogP contribution in [0.5, 0.6) is 0 Å². The molecule has 0 bridgehead atoms. The second kappa shape index (κ2) is 4.42. The number of aromatic nitrogens is 2. The minimum Gasteiger partial charge on any atom is -0.477 e. The third-order valence-corrected chi connectivity index (χ3v) is 4.59. The van der Waals surface area contributed by atoms with Gasteiger partial charge in [0, 0.05) is 6.20 Å². The van der Waals surface area contributed by atoms with Crippen LogP contribution in [0.15, 0.2) is 22.7 Å². The van der Waals surface area contributed by atoms with E-state index in [2.05, 4.69) is 14.9 Å². The average molecular weight is 287 g/mol. The Morgan fingerprint density at radius 2 is 2.28 bits per heavy atom. The highest BCUT2D eigenvalue weighted by molar-refractivity contribution is 7.92. The average Bonchev–Trinajstić information content (AvgIpc) is 2.89. The summed E-state index contributed by atoms with van der Waals surface area (Å²) in [6.07, 6.45) is 2.36. The van der Waals surface area contributed by atoms with Gasteiger partial charge in [-0.05, 0) is 17.9 Å². The quantitative estimate of drug-likeness (QED) is 0.784. The van der Waals surface area contributed by atoms with E-state index in [9.17, 15) is 13.2 Å². The van der Waals surface area contributed by atoms with Crippen molar-refractivity contribution in [1.82, 2.24) is 10.2 Å². The van der Waals surface area contributed by atoms with E-state index in [0.717, 1.165) is 17.5 Å². The van der Waals surface area contributed by atoms with E-state index in [4.69, 9.17) is 5.11 Å². The molecule has 0 aromatic carbocycles. The zero-order valence-corrected chi connectivity index (χ0v) is 10.8. The SMILES string of the molecule is Cc1csc(C(=O)O)c1NS(=O)(=O)c1cn[nH]c1. The smallest absolute Gasteiger partial charge is 0.348 e. The molecular weight excluding hydrogens is 278 g/mol. The maximum atomic E-state index is 11.9. The van der Waals surface area contributed by atoms with E-state index in [1.165, 1.54) is 6.20 Å². The van der Waals surface area contributed by atoms with Crippen LogP contribution >= 0.6 is 11.3 Å². The van der Waals surface area contributed by atoms with Gasteiger partial charge < -0.3 is 5.11 Å². The standard InChI is InChI=1S/C9H9N3O4S2/c1-5-4-17-8(9(13)14)7(5)12-18(15,16)6-2-10-11-3-6/h2-4,12H,1H3,(H,10,11)(H,13,14). The Morgan fingerprint density at radius 1 is 1.56 bits per heavy atom. The van der Waals surface area contributed by atoms with Crippen molar-refractivity contribution in [2.75, 3.05) is 4.72 Å². The van der Waals surface area contributed by atoms with E-state index < -0.39 is 16.0 Å². The highest BCUT2D eigenvalue weighted by atomic mass is 32.2. The second-order valence-electron chi connectivity index (χ2n) is 3.47. The monoisotopic (exact) mass is 287 g/mol. The molecule has 2 rings (SSSR count). The normalized spacial score (nSPS) is 11.4. The summed E-state index contributed by atoms with van der Waals surface area (Å²) in [4.78, 5) is 10.9. The van der Waals surface area contributed by atoms with Crippen LogP contribution in [0.1, 0.15) is 15.2 Å². The number of carboxylic acids is 1. The van der Waals surface area contributed by atoms with Gasteiger partial charge in [0.2, 0.25) is 0 Å². The third-order valence-electron chi connectivity index (χ3n) is 2.19. The molecule has 0 fully saturated rings.